The summed E-state index contributed by atoms with van der Waals surface area (Å²) >= 11 is 1.24. The summed E-state index contributed by atoms with van der Waals surface area (Å²) in [6.45, 7) is 5.39. The van der Waals surface area contributed by atoms with Crippen molar-refractivity contribution in [2.75, 3.05) is 31.3 Å². The first-order chi connectivity index (χ1) is 9.97. The second kappa shape index (κ2) is 8.74. The molecule has 1 amide bonds. The molecule has 0 aliphatic heterocycles. The fourth-order valence-corrected chi connectivity index (χ4v) is 2.76. The molecule has 1 rings (SSSR count). The van der Waals surface area contributed by atoms with Gasteiger partial charge in [0.25, 0.3) is 5.91 Å². The first-order valence-corrected chi connectivity index (χ1v) is 7.90. The lowest BCUT2D eigenvalue weighted by Gasteiger charge is -2.12. The Morgan fingerprint density at radius 3 is 2.62 bits per heavy atom. The topological polar surface area (TPSA) is 99.6 Å². The summed E-state index contributed by atoms with van der Waals surface area (Å²) in [7, 11) is 1.70. The quantitative estimate of drug-likeness (QED) is 0.576. The summed E-state index contributed by atoms with van der Waals surface area (Å²) in [5.74, 6) is -0.0000535. The molecule has 0 aliphatic rings. The van der Waals surface area contributed by atoms with Gasteiger partial charge in [-0.1, -0.05) is 0 Å². The minimum absolute atomic E-state index is 0.0233. The average Bonchev–Trinajstić information content (AvgIpc) is 2.71. The van der Waals surface area contributed by atoms with E-state index in [1.807, 2.05) is 13.8 Å². The number of ether oxygens (including phenoxy) is 2. The van der Waals surface area contributed by atoms with E-state index in [4.69, 9.17) is 20.9 Å². The number of unbranched alkanes of at least 4 members (excludes halogenated alkanes) is 2. The van der Waals surface area contributed by atoms with Crippen LogP contribution in [0.25, 0.3) is 0 Å². The van der Waals surface area contributed by atoms with Crippen molar-refractivity contribution < 1.29 is 14.3 Å². The molecule has 7 heteroatoms. The van der Waals surface area contributed by atoms with Crippen LogP contribution in [0.2, 0.25) is 0 Å². The molecular formula is C14H25N3O3S. The van der Waals surface area contributed by atoms with Crippen LogP contribution in [0.3, 0.4) is 0 Å². The Bertz CT molecular complexity index is 461. The number of anilines is 2. The van der Waals surface area contributed by atoms with Crippen LogP contribution in [-0.2, 0) is 4.74 Å². The van der Waals surface area contributed by atoms with E-state index < -0.39 is 5.91 Å². The van der Waals surface area contributed by atoms with Crippen LogP contribution in [0, 0.1) is 0 Å². The molecule has 1 heterocycles. The zero-order valence-corrected chi connectivity index (χ0v) is 13.7. The number of nitrogens with one attached hydrogen (secondary N) is 1. The molecule has 0 aliphatic carbocycles. The zero-order chi connectivity index (χ0) is 15.8. The predicted molar refractivity (Wildman–Crippen MR) is 87.2 cm³/mol. The molecule has 6 nitrogen and oxygen atoms in total. The van der Waals surface area contributed by atoms with Crippen molar-refractivity contribution in [3.05, 3.63) is 4.88 Å². The number of methoxy groups -OCH3 is 1. The third-order valence-electron chi connectivity index (χ3n) is 2.79. The van der Waals surface area contributed by atoms with Crippen molar-refractivity contribution >= 4 is 27.9 Å². The zero-order valence-electron chi connectivity index (χ0n) is 12.9. The molecule has 21 heavy (non-hydrogen) atoms. The van der Waals surface area contributed by atoms with Crippen molar-refractivity contribution in [2.24, 2.45) is 5.73 Å². The van der Waals surface area contributed by atoms with Gasteiger partial charge in [0.1, 0.15) is 15.6 Å². The maximum atomic E-state index is 11.4. The molecule has 0 saturated heterocycles. The Kier molecular flexibility index (Phi) is 7.31. The fourth-order valence-electron chi connectivity index (χ4n) is 1.83. The van der Waals surface area contributed by atoms with Crippen LogP contribution in [0.5, 0.6) is 5.75 Å². The number of nitrogens with two attached hydrogens (primary N) is 2. The molecule has 1 aromatic heterocycles. The summed E-state index contributed by atoms with van der Waals surface area (Å²) in [5, 5.41) is 4.04. The fraction of sp³-hybridized carbons (Fsp3) is 0.643. The lowest BCUT2D eigenvalue weighted by Crippen LogP contribution is -2.12. The van der Waals surface area contributed by atoms with E-state index in [1.165, 1.54) is 11.3 Å². The van der Waals surface area contributed by atoms with Gasteiger partial charge in [-0.3, -0.25) is 4.79 Å². The molecule has 0 atom stereocenters. The Morgan fingerprint density at radius 2 is 2.05 bits per heavy atom. The summed E-state index contributed by atoms with van der Waals surface area (Å²) in [4.78, 5) is 11.7. The lowest BCUT2D eigenvalue weighted by molar-refractivity contribution is 0.100. The molecule has 0 aromatic carbocycles. The minimum Gasteiger partial charge on any atom is -0.486 e. The highest BCUT2D eigenvalue weighted by molar-refractivity contribution is 7.19. The Balaban J connectivity index is 2.66. The molecule has 0 spiro atoms. The van der Waals surface area contributed by atoms with E-state index in [2.05, 4.69) is 5.32 Å². The van der Waals surface area contributed by atoms with Gasteiger partial charge in [0.05, 0.1) is 6.10 Å². The van der Waals surface area contributed by atoms with Gasteiger partial charge < -0.3 is 26.3 Å². The highest BCUT2D eigenvalue weighted by Gasteiger charge is 2.21. The van der Waals surface area contributed by atoms with Crippen LogP contribution in [-0.4, -0.2) is 32.3 Å². The number of hydrogen-bond acceptors (Lipinski definition) is 6. The highest BCUT2D eigenvalue weighted by Crippen LogP contribution is 2.42. The Hall–Kier alpha value is -1.47. The first-order valence-electron chi connectivity index (χ1n) is 7.08. The van der Waals surface area contributed by atoms with Gasteiger partial charge in [0.2, 0.25) is 0 Å². The van der Waals surface area contributed by atoms with E-state index >= 15 is 0 Å². The largest absolute Gasteiger partial charge is 0.486 e. The van der Waals surface area contributed by atoms with Gasteiger partial charge in [-0.2, -0.15) is 0 Å². The number of carbonyl (C=O) groups is 1. The Morgan fingerprint density at radius 1 is 1.33 bits per heavy atom. The van der Waals surface area contributed by atoms with Crippen LogP contribution >= 0.6 is 11.3 Å². The monoisotopic (exact) mass is 315 g/mol. The maximum absolute atomic E-state index is 11.4. The molecule has 1 aromatic rings. The first kappa shape index (κ1) is 17.6. The second-order valence-corrected chi connectivity index (χ2v) is 6.03. The number of rotatable bonds is 10. The number of amides is 1. The van der Waals surface area contributed by atoms with Crippen LogP contribution in [0.15, 0.2) is 0 Å². The van der Waals surface area contributed by atoms with Crippen molar-refractivity contribution in [2.45, 2.75) is 39.2 Å². The van der Waals surface area contributed by atoms with Gasteiger partial charge in [-0.15, -0.1) is 11.3 Å². The van der Waals surface area contributed by atoms with Crippen LogP contribution in [0.1, 0.15) is 42.8 Å². The highest BCUT2D eigenvalue weighted by atomic mass is 32.1. The van der Waals surface area contributed by atoms with Crippen molar-refractivity contribution in [3.8, 4) is 5.75 Å². The van der Waals surface area contributed by atoms with E-state index in [-0.39, 0.29) is 6.10 Å². The number of carbonyl (C=O) groups excluding carboxylic acids is 1. The van der Waals surface area contributed by atoms with E-state index in [1.54, 1.807) is 7.11 Å². The lowest BCUT2D eigenvalue weighted by atomic mass is 10.2. The molecule has 0 radical (unpaired) electrons. The Labute approximate surface area is 129 Å². The number of nitrogen functional groups attached to an aromatic ring is 1. The molecule has 0 unspecified atom stereocenters. The summed E-state index contributed by atoms with van der Waals surface area (Å²) < 4.78 is 10.7. The van der Waals surface area contributed by atoms with E-state index in [0.717, 1.165) is 37.4 Å². The molecular weight excluding hydrogens is 290 g/mol. The van der Waals surface area contributed by atoms with Crippen molar-refractivity contribution in [1.29, 1.82) is 0 Å². The third-order valence-corrected chi connectivity index (χ3v) is 3.95. The normalized spacial score (nSPS) is 10.9. The van der Waals surface area contributed by atoms with Gasteiger partial charge in [-0.05, 0) is 33.1 Å². The average molecular weight is 315 g/mol. The van der Waals surface area contributed by atoms with Crippen LogP contribution < -0.4 is 21.5 Å². The predicted octanol–water partition coefficient (Wildman–Crippen LogP) is 2.45. The number of primary amides is 1. The van der Waals surface area contributed by atoms with E-state index in [0.29, 0.717) is 16.3 Å². The van der Waals surface area contributed by atoms with Crippen LogP contribution in [0.4, 0.5) is 10.7 Å². The van der Waals surface area contributed by atoms with Gasteiger partial charge in [-0.25, -0.2) is 0 Å². The smallest absolute Gasteiger partial charge is 0.261 e. The maximum Gasteiger partial charge on any atom is 0.261 e. The van der Waals surface area contributed by atoms with Crippen molar-refractivity contribution in [3.63, 3.8) is 0 Å². The molecule has 0 saturated carbocycles. The SMILES string of the molecule is COCCCCCNc1sc(C(N)=O)c(N)c1OC(C)C. The number of hydrogen-bond donors (Lipinski definition) is 3. The second-order valence-electron chi connectivity index (χ2n) is 5.01. The third kappa shape index (κ3) is 5.43. The van der Waals surface area contributed by atoms with E-state index in [9.17, 15) is 4.79 Å². The summed E-state index contributed by atoms with van der Waals surface area (Å²) in [5.41, 5.74) is 11.6. The van der Waals surface area contributed by atoms with Gasteiger partial charge >= 0.3 is 0 Å². The minimum atomic E-state index is -0.528. The van der Waals surface area contributed by atoms with Gasteiger partial charge in [0, 0.05) is 20.3 Å². The molecule has 0 bridgehead atoms. The molecule has 5 N–H and O–H groups in total. The standard InChI is InChI=1S/C14H25N3O3S/c1-9(2)20-11-10(15)12(13(16)18)21-14(11)17-7-5-4-6-8-19-3/h9,17H,4-8,15H2,1-3H3,(H2,16,18). The van der Waals surface area contributed by atoms with Gasteiger partial charge in [0.15, 0.2) is 5.75 Å². The van der Waals surface area contributed by atoms with Crippen molar-refractivity contribution in [1.82, 2.24) is 0 Å². The summed E-state index contributed by atoms with van der Waals surface area (Å²) in [6, 6.07) is 0. The molecule has 120 valence electrons. The number of thiophene rings is 1. The molecule has 0 fully saturated rings. The summed E-state index contributed by atoms with van der Waals surface area (Å²) in [6.07, 6.45) is 3.09.